The molecule has 0 bridgehead atoms. The minimum Gasteiger partial charge on any atom is -0.497 e. The summed E-state index contributed by atoms with van der Waals surface area (Å²) in [5, 5.41) is 17.2. The van der Waals surface area contributed by atoms with Crippen LogP contribution in [0.3, 0.4) is 0 Å². The minimum atomic E-state index is -0.428. The van der Waals surface area contributed by atoms with Gasteiger partial charge in [-0.25, -0.2) is 4.52 Å². The molecule has 2 heterocycles. The second kappa shape index (κ2) is 8.94. The molecule has 164 valence electrons. The maximum absolute atomic E-state index is 13.1. The van der Waals surface area contributed by atoms with Crippen molar-refractivity contribution in [3.8, 4) is 22.8 Å². The average molecular weight is 434 g/mol. The third-order valence-electron chi connectivity index (χ3n) is 5.06. The van der Waals surface area contributed by atoms with Crippen LogP contribution in [0.25, 0.3) is 16.8 Å². The third kappa shape index (κ3) is 3.93. The number of nitrogens with zero attached hydrogens (tertiary/aromatic N) is 3. The van der Waals surface area contributed by atoms with Gasteiger partial charge in [-0.15, -0.1) is 0 Å². The smallest absolute Gasteiger partial charge is 0.277 e. The maximum atomic E-state index is 13.1. The van der Waals surface area contributed by atoms with Crippen LogP contribution in [0, 0.1) is 0 Å². The van der Waals surface area contributed by atoms with Crippen LogP contribution in [0.5, 0.6) is 11.5 Å². The van der Waals surface area contributed by atoms with Crippen LogP contribution in [0.15, 0.2) is 65.7 Å². The number of rotatable bonds is 7. The number of nitrogens with one attached hydrogen (secondary N) is 1. The van der Waals surface area contributed by atoms with Gasteiger partial charge in [-0.2, -0.15) is 5.10 Å². The number of hydrogen-bond acceptors (Lipinski definition) is 6. The number of carbonyl (C=O) groups is 1. The highest BCUT2D eigenvalue weighted by molar-refractivity contribution is 5.92. The van der Waals surface area contributed by atoms with Gasteiger partial charge >= 0.3 is 0 Å². The number of benzene rings is 2. The van der Waals surface area contributed by atoms with E-state index in [2.05, 4.69) is 10.4 Å². The number of anilines is 1. The molecule has 0 aliphatic carbocycles. The first-order valence-corrected chi connectivity index (χ1v) is 9.84. The summed E-state index contributed by atoms with van der Waals surface area (Å²) >= 11 is 0. The van der Waals surface area contributed by atoms with Gasteiger partial charge in [0.05, 0.1) is 32.2 Å². The van der Waals surface area contributed by atoms with Crippen molar-refractivity contribution in [3.63, 3.8) is 0 Å². The van der Waals surface area contributed by atoms with Gasteiger partial charge in [-0.3, -0.25) is 9.59 Å². The van der Waals surface area contributed by atoms with E-state index in [1.54, 1.807) is 24.4 Å². The molecule has 9 nitrogen and oxygen atoms in total. The normalized spacial score (nSPS) is 10.8. The molecule has 9 heteroatoms. The molecule has 0 radical (unpaired) electrons. The molecule has 0 saturated heterocycles. The minimum absolute atomic E-state index is 0.221. The van der Waals surface area contributed by atoms with E-state index in [4.69, 9.17) is 9.47 Å². The van der Waals surface area contributed by atoms with E-state index in [0.717, 1.165) is 5.56 Å². The summed E-state index contributed by atoms with van der Waals surface area (Å²) < 4.78 is 13.2. The van der Waals surface area contributed by atoms with Crippen molar-refractivity contribution in [1.29, 1.82) is 0 Å². The molecule has 1 amide bonds. The van der Waals surface area contributed by atoms with Crippen LogP contribution in [0.1, 0.15) is 5.56 Å². The fourth-order valence-corrected chi connectivity index (χ4v) is 3.50. The van der Waals surface area contributed by atoms with Crippen molar-refractivity contribution in [2.24, 2.45) is 0 Å². The lowest BCUT2D eigenvalue weighted by Crippen LogP contribution is -2.28. The number of carbonyl (C=O) groups excluding carboxylic acids is 1. The van der Waals surface area contributed by atoms with E-state index >= 15 is 0 Å². The number of ether oxygens (including phenoxy) is 2. The predicted molar refractivity (Wildman–Crippen MR) is 119 cm³/mol. The van der Waals surface area contributed by atoms with Gasteiger partial charge in [0.1, 0.15) is 23.6 Å². The quantitative estimate of drug-likeness (QED) is 0.462. The number of fused-ring (bicyclic) bond motifs is 1. The van der Waals surface area contributed by atoms with Gasteiger partial charge in [-0.05, 0) is 12.1 Å². The Bertz CT molecular complexity index is 1330. The fourth-order valence-electron chi connectivity index (χ4n) is 3.50. The summed E-state index contributed by atoms with van der Waals surface area (Å²) in [4.78, 5) is 25.8. The Morgan fingerprint density at radius 3 is 2.56 bits per heavy atom. The highest BCUT2D eigenvalue weighted by atomic mass is 16.5. The summed E-state index contributed by atoms with van der Waals surface area (Å²) in [5.74, 6) is 0.618. The summed E-state index contributed by atoms with van der Waals surface area (Å²) in [6.45, 7) is -0.580. The van der Waals surface area contributed by atoms with Crippen molar-refractivity contribution in [2.75, 3.05) is 19.5 Å². The van der Waals surface area contributed by atoms with Gasteiger partial charge < -0.3 is 24.5 Å². The van der Waals surface area contributed by atoms with E-state index < -0.39 is 11.5 Å². The van der Waals surface area contributed by atoms with Crippen LogP contribution in [-0.2, 0) is 17.9 Å². The molecule has 2 N–H and O–H groups in total. The summed E-state index contributed by atoms with van der Waals surface area (Å²) in [7, 11) is 3.03. The zero-order valence-electron chi connectivity index (χ0n) is 17.6. The molecule has 0 unspecified atom stereocenters. The number of aromatic nitrogens is 3. The zero-order chi connectivity index (χ0) is 22.7. The molecule has 0 aliphatic rings. The largest absolute Gasteiger partial charge is 0.497 e. The average Bonchev–Trinajstić information content (AvgIpc) is 3.21. The monoisotopic (exact) mass is 434 g/mol. The second-order valence-electron chi connectivity index (χ2n) is 6.99. The van der Waals surface area contributed by atoms with Crippen LogP contribution < -0.4 is 20.3 Å². The summed E-state index contributed by atoms with van der Waals surface area (Å²) in [6, 6.07) is 14.3. The number of methoxy groups -OCH3 is 2. The first-order valence-electron chi connectivity index (χ1n) is 9.84. The second-order valence-corrected chi connectivity index (χ2v) is 6.99. The molecule has 4 rings (SSSR count). The number of amides is 1. The van der Waals surface area contributed by atoms with Gasteiger partial charge in [0.2, 0.25) is 5.91 Å². The molecule has 4 aromatic rings. The van der Waals surface area contributed by atoms with Crippen molar-refractivity contribution < 1.29 is 19.4 Å². The molecular weight excluding hydrogens is 412 g/mol. The van der Waals surface area contributed by atoms with Crippen molar-refractivity contribution in [3.05, 3.63) is 76.8 Å². The molecule has 0 spiro atoms. The van der Waals surface area contributed by atoms with E-state index in [-0.39, 0.29) is 18.7 Å². The maximum Gasteiger partial charge on any atom is 0.277 e. The Morgan fingerprint density at radius 2 is 1.88 bits per heavy atom. The lowest BCUT2D eigenvalue weighted by atomic mass is 10.1. The number of aliphatic hydroxyl groups is 1. The van der Waals surface area contributed by atoms with Crippen LogP contribution in [0.4, 0.5) is 5.69 Å². The van der Waals surface area contributed by atoms with Crippen LogP contribution in [0.2, 0.25) is 0 Å². The molecular formula is C23H22N4O5. The molecule has 0 atom stereocenters. The first kappa shape index (κ1) is 21.1. The van der Waals surface area contributed by atoms with Gasteiger partial charge in [0.25, 0.3) is 5.56 Å². The summed E-state index contributed by atoms with van der Waals surface area (Å²) in [6.07, 6.45) is 3.08. The molecule has 2 aromatic heterocycles. The Kier molecular flexibility index (Phi) is 5.91. The fraction of sp³-hybridized carbons (Fsp3) is 0.174. The van der Waals surface area contributed by atoms with E-state index in [0.29, 0.717) is 28.4 Å². The topological polar surface area (TPSA) is 107 Å². The molecule has 0 fully saturated rings. The van der Waals surface area contributed by atoms with Gasteiger partial charge in [0, 0.05) is 29.6 Å². The predicted octanol–water partition coefficient (Wildman–Crippen LogP) is 2.31. The summed E-state index contributed by atoms with van der Waals surface area (Å²) in [5.41, 5.74) is 1.98. The van der Waals surface area contributed by atoms with Crippen molar-refractivity contribution in [1.82, 2.24) is 14.2 Å². The van der Waals surface area contributed by atoms with E-state index in [1.807, 2.05) is 30.3 Å². The SMILES string of the molecule is COc1ccc(NC(=O)Cn2ccn3nc(-c4ccccc4)c(CO)c3c2=O)c(OC)c1. The molecule has 0 saturated carbocycles. The highest BCUT2D eigenvalue weighted by Gasteiger charge is 2.18. The highest BCUT2D eigenvalue weighted by Crippen LogP contribution is 2.29. The number of hydrogen-bond donors (Lipinski definition) is 2. The van der Waals surface area contributed by atoms with Gasteiger partial charge in [0.15, 0.2) is 0 Å². The van der Waals surface area contributed by atoms with Crippen molar-refractivity contribution in [2.45, 2.75) is 13.2 Å². The Labute approximate surface area is 183 Å². The van der Waals surface area contributed by atoms with Crippen LogP contribution >= 0.6 is 0 Å². The van der Waals surface area contributed by atoms with E-state index in [9.17, 15) is 14.7 Å². The zero-order valence-corrected chi connectivity index (χ0v) is 17.6. The Balaban J connectivity index is 1.65. The van der Waals surface area contributed by atoms with E-state index in [1.165, 1.54) is 29.5 Å². The molecule has 32 heavy (non-hydrogen) atoms. The molecule has 2 aromatic carbocycles. The number of aliphatic hydroxyl groups excluding tert-OH is 1. The standard InChI is InChI=1S/C23H22N4O5/c1-31-16-8-9-18(19(12-16)32-2)24-20(29)13-26-10-11-27-22(23(26)30)17(14-28)21(25-27)15-6-4-3-5-7-15/h3-12,28H,13-14H2,1-2H3,(H,24,29). The lowest BCUT2D eigenvalue weighted by molar-refractivity contribution is -0.116. The van der Waals surface area contributed by atoms with Crippen LogP contribution in [-0.4, -0.2) is 39.4 Å². The molecule has 0 aliphatic heterocycles. The van der Waals surface area contributed by atoms with Crippen molar-refractivity contribution >= 4 is 17.1 Å². The first-order chi connectivity index (χ1) is 15.5. The lowest BCUT2D eigenvalue weighted by Gasteiger charge is -2.12. The Hall–Kier alpha value is -4.11. The van der Waals surface area contributed by atoms with Gasteiger partial charge in [-0.1, -0.05) is 30.3 Å². The Morgan fingerprint density at radius 1 is 1.09 bits per heavy atom. The third-order valence-corrected chi connectivity index (χ3v) is 5.06.